The summed E-state index contributed by atoms with van der Waals surface area (Å²) in [5, 5.41) is 17.4. The quantitative estimate of drug-likeness (QED) is 0.736. The van der Waals surface area contributed by atoms with E-state index in [-0.39, 0.29) is 0 Å². The van der Waals surface area contributed by atoms with Crippen molar-refractivity contribution in [2.24, 2.45) is 0 Å². The third-order valence-corrected chi connectivity index (χ3v) is 2.65. The molecule has 12 heavy (non-hydrogen) atoms. The first kappa shape index (κ1) is 9.25. The van der Waals surface area contributed by atoms with Gasteiger partial charge in [-0.25, -0.2) is 0 Å². The maximum atomic E-state index is 8.70. The molecule has 0 saturated carbocycles. The van der Waals surface area contributed by atoms with Gasteiger partial charge in [-0.3, -0.25) is 0 Å². The number of halogens is 2. The van der Waals surface area contributed by atoms with Crippen molar-refractivity contribution in [3.8, 4) is 12.1 Å². The van der Waals surface area contributed by atoms with Gasteiger partial charge >= 0.3 is 0 Å². The highest BCUT2D eigenvalue weighted by atomic mass is 79.9. The Kier molecular flexibility index (Phi) is 2.86. The molecule has 0 saturated heterocycles. The van der Waals surface area contributed by atoms with E-state index in [0.29, 0.717) is 20.1 Å². The lowest BCUT2D eigenvalue weighted by Crippen LogP contribution is -1.86. The standard InChI is InChI=1S/C8H2Br2N2/c9-7-1-2-8(10)6(4-12)5(7)3-11/h1-2H. The molecule has 0 aliphatic heterocycles. The normalized spacial score (nSPS) is 8.67. The molecule has 0 aliphatic carbocycles. The Bertz CT molecular complexity index is 360. The minimum absolute atomic E-state index is 0.367. The van der Waals surface area contributed by atoms with Gasteiger partial charge in [-0.2, -0.15) is 10.5 Å². The van der Waals surface area contributed by atoms with Gasteiger partial charge in [0.05, 0.1) is 11.1 Å². The topological polar surface area (TPSA) is 47.6 Å². The molecule has 0 atom stereocenters. The Labute approximate surface area is 86.7 Å². The van der Waals surface area contributed by atoms with Crippen LogP contribution in [0.2, 0.25) is 0 Å². The highest BCUT2D eigenvalue weighted by Gasteiger charge is 2.08. The van der Waals surface area contributed by atoms with Crippen LogP contribution in [-0.4, -0.2) is 0 Å². The summed E-state index contributed by atoms with van der Waals surface area (Å²) >= 11 is 6.38. The first-order chi connectivity index (χ1) is 5.70. The number of benzene rings is 1. The molecule has 0 spiro atoms. The summed E-state index contributed by atoms with van der Waals surface area (Å²) in [4.78, 5) is 0. The summed E-state index contributed by atoms with van der Waals surface area (Å²) in [5.41, 5.74) is 0.735. The fourth-order valence-corrected chi connectivity index (χ4v) is 1.61. The van der Waals surface area contributed by atoms with Crippen molar-refractivity contribution in [3.63, 3.8) is 0 Å². The van der Waals surface area contributed by atoms with Crippen LogP contribution in [0.5, 0.6) is 0 Å². The van der Waals surface area contributed by atoms with E-state index in [2.05, 4.69) is 31.9 Å². The lowest BCUT2D eigenvalue weighted by atomic mass is 10.1. The molecule has 0 fully saturated rings. The Morgan fingerprint density at radius 2 is 1.25 bits per heavy atom. The van der Waals surface area contributed by atoms with Gasteiger partial charge in [0.2, 0.25) is 0 Å². The van der Waals surface area contributed by atoms with Crippen molar-refractivity contribution in [2.45, 2.75) is 0 Å². The Morgan fingerprint density at radius 1 is 0.917 bits per heavy atom. The second-order valence-electron chi connectivity index (χ2n) is 2.00. The van der Waals surface area contributed by atoms with E-state index in [0.717, 1.165) is 0 Å². The molecule has 58 valence electrons. The van der Waals surface area contributed by atoms with E-state index >= 15 is 0 Å². The first-order valence-electron chi connectivity index (χ1n) is 2.99. The molecular formula is C8H2Br2N2. The molecule has 0 aliphatic rings. The first-order valence-corrected chi connectivity index (χ1v) is 4.57. The van der Waals surface area contributed by atoms with E-state index in [9.17, 15) is 0 Å². The summed E-state index contributed by atoms with van der Waals surface area (Å²) in [6.45, 7) is 0. The Hall–Kier alpha value is -0.840. The molecule has 1 rings (SSSR count). The smallest absolute Gasteiger partial charge is 0.102 e. The third-order valence-electron chi connectivity index (χ3n) is 1.33. The average molecular weight is 286 g/mol. The van der Waals surface area contributed by atoms with Crippen LogP contribution >= 0.6 is 31.9 Å². The molecule has 0 bridgehead atoms. The predicted molar refractivity (Wildman–Crippen MR) is 51.3 cm³/mol. The molecule has 0 radical (unpaired) electrons. The van der Waals surface area contributed by atoms with Gasteiger partial charge in [0.15, 0.2) is 0 Å². The van der Waals surface area contributed by atoms with Gasteiger partial charge in [0.25, 0.3) is 0 Å². The molecular weight excluding hydrogens is 284 g/mol. The highest BCUT2D eigenvalue weighted by molar-refractivity contribution is 9.11. The lowest BCUT2D eigenvalue weighted by molar-refractivity contribution is 1.40. The summed E-state index contributed by atoms with van der Waals surface area (Å²) in [6.07, 6.45) is 0. The van der Waals surface area contributed by atoms with Crippen molar-refractivity contribution in [1.29, 1.82) is 10.5 Å². The van der Waals surface area contributed by atoms with Crippen LogP contribution in [0.1, 0.15) is 11.1 Å². The predicted octanol–water partition coefficient (Wildman–Crippen LogP) is 2.95. The summed E-state index contributed by atoms with van der Waals surface area (Å²) in [5.74, 6) is 0. The van der Waals surface area contributed by atoms with Crippen molar-refractivity contribution < 1.29 is 0 Å². The van der Waals surface area contributed by atoms with Crippen molar-refractivity contribution in [3.05, 3.63) is 32.2 Å². The minimum atomic E-state index is 0.367. The largest absolute Gasteiger partial charge is 0.192 e. The lowest BCUT2D eigenvalue weighted by Gasteiger charge is -1.99. The molecule has 1 aromatic carbocycles. The third kappa shape index (κ3) is 1.50. The van der Waals surface area contributed by atoms with Crippen LogP contribution < -0.4 is 0 Å². The summed E-state index contributed by atoms with van der Waals surface area (Å²) in [7, 11) is 0. The van der Waals surface area contributed by atoms with Gasteiger partial charge in [-0.15, -0.1) is 0 Å². The van der Waals surface area contributed by atoms with Crippen LogP contribution in [0, 0.1) is 22.7 Å². The zero-order valence-electron chi connectivity index (χ0n) is 5.81. The van der Waals surface area contributed by atoms with Gasteiger partial charge in [0, 0.05) is 8.95 Å². The van der Waals surface area contributed by atoms with Crippen molar-refractivity contribution in [1.82, 2.24) is 0 Å². The van der Waals surface area contributed by atoms with E-state index in [1.165, 1.54) is 0 Å². The number of rotatable bonds is 0. The second kappa shape index (κ2) is 3.71. The fourth-order valence-electron chi connectivity index (χ4n) is 0.770. The Balaban J connectivity index is 3.55. The number of nitriles is 2. The second-order valence-corrected chi connectivity index (χ2v) is 3.71. The van der Waals surface area contributed by atoms with Gasteiger partial charge in [-0.1, -0.05) is 0 Å². The van der Waals surface area contributed by atoms with Crippen LogP contribution in [0.15, 0.2) is 21.1 Å². The maximum Gasteiger partial charge on any atom is 0.102 e. The van der Waals surface area contributed by atoms with Gasteiger partial charge in [-0.05, 0) is 44.0 Å². The number of hydrogen-bond acceptors (Lipinski definition) is 2. The highest BCUT2D eigenvalue weighted by Crippen LogP contribution is 2.25. The molecule has 0 N–H and O–H groups in total. The molecule has 0 heterocycles. The average Bonchev–Trinajstić information content (AvgIpc) is 2.08. The Morgan fingerprint density at radius 3 is 1.50 bits per heavy atom. The zero-order valence-corrected chi connectivity index (χ0v) is 8.98. The van der Waals surface area contributed by atoms with Crippen LogP contribution in [0.25, 0.3) is 0 Å². The van der Waals surface area contributed by atoms with Crippen molar-refractivity contribution in [2.75, 3.05) is 0 Å². The van der Waals surface area contributed by atoms with E-state index in [1.54, 1.807) is 12.1 Å². The van der Waals surface area contributed by atoms with Gasteiger partial charge in [0.1, 0.15) is 12.1 Å². The minimum Gasteiger partial charge on any atom is -0.192 e. The molecule has 1 aromatic rings. The van der Waals surface area contributed by atoms with E-state index < -0.39 is 0 Å². The number of nitrogens with zero attached hydrogens (tertiary/aromatic N) is 2. The van der Waals surface area contributed by atoms with Crippen LogP contribution in [0.4, 0.5) is 0 Å². The SMILES string of the molecule is N#Cc1c(Br)ccc(Br)c1C#N. The van der Waals surface area contributed by atoms with Gasteiger partial charge < -0.3 is 0 Å². The van der Waals surface area contributed by atoms with Crippen LogP contribution in [-0.2, 0) is 0 Å². The molecule has 4 heteroatoms. The summed E-state index contributed by atoms with van der Waals surface area (Å²) in [6, 6.07) is 7.36. The molecule has 0 unspecified atom stereocenters. The molecule has 0 amide bonds. The fraction of sp³-hybridized carbons (Fsp3) is 0. The molecule has 0 aromatic heterocycles. The van der Waals surface area contributed by atoms with E-state index in [4.69, 9.17) is 10.5 Å². The summed E-state index contributed by atoms with van der Waals surface area (Å²) < 4.78 is 1.29. The zero-order chi connectivity index (χ0) is 9.14. The number of hydrogen-bond donors (Lipinski definition) is 0. The van der Waals surface area contributed by atoms with Crippen LogP contribution in [0.3, 0.4) is 0 Å². The van der Waals surface area contributed by atoms with Crippen molar-refractivity contribution >= 4 is 31.9 Å². The molecule has 2 nitrogen and oxygen atoms in total. The maximum absolute atomic E-state index is 8.70. The monoisotopic (exact) mass is 284 g/mol. The van der Waals surface area contributed by atoms with E-state index in [1.807, 2.05) is 12.1 Å².